The molecule has 0 spiro atoms. The van der Waals surface area contributed by atoms with Gasteiger partial charge < -0.3 is 20.6 Å². The second-order valence-electron chi connectivity index (χ2n) is 4.17. The van der Waals surface area contributed by atoms with Crippen molar-refractivity contribution in [3.63, 3.8) is 0 Å². The Kier molecular flexibility index (Phi) is 5.09. The van der Waals surface area contributed by atoms with E-state index in [1.54, 1.807) is 0 Å². The fourth-order valence-corrected chi connectivity index (χ4v) is 1.70. The van der Waals surface area contributed by atoms with Crippen molar-refractivity contribution in [3.8, 4) is 0 Å². The number of aromatic carboxylic acids is 1. The Labute approximate surface area is 112 Å². The number of hydrogen-bond acceptors (Lipinski definition) is 4. The normalized spacial score (nSPS) is 14.9. The third-order valence-electron chi connectivity index (χ3n) is 2.71. The average molecular weight is 293 g/mol. The monoisotopic (exact) mass is 293 g/mol. The first-order chi connectivity index (χ1) is 9.18. The second-order valence-corrected chi connectivity index (χ2v) is 4.17. The Morgan fingerprint density at radius 3 is 2.40 bits per heavy atom. The summed E-state index contributed by atoms with van der Waals surface area (Å²) < 4.78 is 37.6. The van der Waals surface area contributed by atoms with Crippen molar-refractivity contribution < 1.29 is 33.3 Å². The second kappa shape index (κ2) is 6.21. The molecular weight excluding hydrogens is 279 g/mol. The van der Waals surface area contributed by atoms with E-state index in [2.05, 4.69) is 5.32 Å². The molecule has 4 N–H and O–H groups in total. The maximum atomic E-state index is 12.5. The Morgan fingerprint density at radius 1 is 1.35 bits per heavy atom. The van der Waals surface area contributed by atoms with Crippen molar-refractivity contribution in [3.05, 3.63) is 34.9 Å². The standard InChI is InChI=1S/C12H14F3NO4/c1-16-5-9(17)10(18)7-3-2-6(12(13,14)15)4-8(7)11(19)20/h2-4,9-10,16-18H,5H2,1H3,(H,19,20). The average Bonchev–Trinajstić information content (AvgIpc) is 2.36. The van der Waals surface area contributed by atoms with Crippen molar-refractivity contribution in [1.29, 1.82) is 0 Å². The fourth-order valence-electron chi connectivity index (χ4n) is 1.70. The highest BCUT2D eigenvalue weighted by atomic mass is 19.4. The fraction of sp³-hybridized carbons (Fsp3) is 0.417. The van der Waals surface area contributed by atoms with Crippen LogP contribution < -0.4 is 5.32 Å². The smallest absolute Gasteiger partial charge is 0.416 e. The first kappa shape index (κ1) is 16.4. The summed E-state index contributed by atoms with van der Waals surface area (Å²) in [6.07, 6.45) is -7.62. The molecule has 0 aliphatic heterocycles. The van der Waals surface area contributed by atoms with Crippen LogP contribution in [0, 0.1) is 0 Å². The van der Waals surface area contributed by atoms with Crippen molar-refractivity contribution in [2.75, 3.05) is 13.6 Å². The molecule has 0 saturated heterocycles. The van der Waals surface area contributed by atoms with E-state index in [-0.39, 0.29) is 12.1 Å². The van der Waals surface area contributed by atoms with Gasteiger partial charge in [-0.15, -0.1) is 0 Å². The van der Waals surface area contributed by atoms with Crippen LogP contribution in [0.5, 0.6) is 0 Å². The summed E-state index contributed by atoms with van der Waals surface area (Å²) in [6, 6.07) is 1.96. The minimum absolute atomic E-state index is 0.0404. The van der Waals surface area contributed by atoms with E-state index < -0.39 is 35.5 Å². The minimum Gasteiger partial charge on any atom is -0.478 e. The maximum Gasteiger partial charge on any atom is 0.416 e. The van der Waals surface area contributed by atoms with E-state index in [0.717, 1.165) is 6.07 Å². The van der Waals surface area contributed by atoms with Crippen molar-refractivity contribution in [2.24, 2.45) is 0 Å². The summed E-state index contributed by atoms with van der Waals surface area (Å²) in [7, 11) is 1.50. The highest BCUT2D eigenvalue weighted by Gasteiger charge is 2.33. The number of alkyl halides is 3. The number of carboxylic acid groups (broad SMARTS) is 1. The molecule has 0 aromatic heterocycles. The predicted octanol–water partition coefficient (Wildman–Crippen LogP) is 1.02. The van der Waals surface area contributed by atoms with Crippen LogP contribution in [-0.4, -0.2) is 41.0 Å². The Morgan fingerprint density at radius 2 is 1.95 bits per heavy atom. The van der Waals surface area contributed by atoms with E-state index in [4.69, 9.17) is 5.11 Å². The van der Waals surface area contributed by atoms with Crippen LogP contribution in [0.25, 0.3) is 0 Å². The van der Waals surface area contributed by atoms with Gasteiger partial charge in [-0.3, -0.25) is 0 Å². The first-order valence-corrected chi connectivity index (χ1v) is 5.63. The molecule has 8 heteroatoms. The van der Waals surface area contributed by atoms with E-state index in [1.807, 2.05) is 0 Å². The molecule has 1 aromatic carbocycles. The van der Waals surface area contributed by atoms with Crippen molar-refractivity contribution >= 4 is 5.97 Å². The highest BCUT2D eigenvalue weighted by Crippen LogP contribution is 2.32. The SMILES string of the molecule is CNCC(O)C(O)c1ccc(C(F)(F)F)cc1C(=O)O. The lowest BCUT2D eigenvalue weighted by atomic mass is 9.96. The van der Waals surface area contributed by atoms with Gasteiger partial charge in [0.15, 0.2) is 0 Å². The number of aliphatic hydroxyl groups is 2. The molecule has 5 nitrogen and oxygen atoms in total. The minimum atomic E-state index is -4.68. The molecule has 0 radical (unpaired) electrons. The number of nitrogens with one attached hydrogen (secondary N) is 1. The molecule has 0 saturated carbocycles. The van der Waals surface area contributed by atoms with Crippen LogP contribution in [-0.2, 0) is 6.18 Å². The molecule has 1 rings (SSSR count). The zero-order valence-corrected chi connectivity index (χ0v) is 10.5. The molecule has 0 aliphatic carbocycles. The van der Waals surface area contributed by atoms with Crippen molar-refractivity contribution in [1.82, 2.24) is 5.32 Å². The maximum absolute atomic E-state index is 12.5. The number of aliphatic hydroxyl groups excluding tert-OH is 2. The van der Waals surface area contributed by atoms with Gasteiger partial charge in [0, 0.05) is 6.54 Å². The van der Waals surface area contributed by atoms with Gasteiger partial charge in [-0.2, -0.15) is 13.2 Å². The lowest BCUT2D eigenvalue weighted by molar-refractivity contribution is -0.137. The van der Waals surface area contributed by atoms with Gasteiger partial charge in [0.25, 0.3) is 0 Å². The van der Waals surface area contributed by atoms with Crippen LogP contribution >= 0.6 is 0 Å². The number of halogens is 3. The summed E-state index contributed by atoms with van der Waals surface area (Å²) >= 11 is 0. The summed E-state index contributed by atoms with van der Waals surface area (Å²) in [6.45, 7) is -0.0404. The van der Waals surface area contributed by atoms with E-state index in [1.165, 1.54) is 7.05 Å². The molecule has 1 aromatic rings. The molecule has 20 heavy (non-hydrogen) atoms. The van der Waals surface area contributed by atoms with Gasteiger partial charge in [-0.25, -0.2) is 4.79 Å². The molecule has 2 unspecified atom stereocenters. The molecule has 2 atom stereocenters. The van der Waals surface area contributed by atoms with Gasteiger partial charge in [0.2, 0.25) is 0 Å². The highest BCUT2D eigenvalue weighted by molar-refractivity contribution is 5.89. The van der Waals surface area contributed by atoms with Crippen LogP contribution in [0.2, 0.25) is 0 Å². The first-order valence-electron chi connectivity index (χ1n) is 5.63. The molecule has 0 fully saturated rings. The van der Waals surface area contributed by atoms with Gasteiger partial charge in [0.1, 0.15) is 6.10 Å². The topological polar surface area (TPSA) is 89.8 Å². The number of likely N-dealkylation sites (N-methyl/N-ethyl adjacent to an activating group) is 1. The number of rotatable bonds is 5. The van der Waals surface area contributed by atoms with E-state index in [0.29, 0.717) is 12.1 Å². The van der Waals surface area contributed by atoms with Gasteiger partial charge >= 0.3 is 12.1 Å². The van der Waals surface area contributed by atoms with Crippen LogP contribution in [0.3, 0.4) is 0 Å². The molecule has 0 bridgehead atoms. The Balaban J connectivity index is 3.24. The number of carboxylic acids is 1. The van der Waals surface area contributed by atoms with Crippen LogP contribution in [0.15, 0.2) is 18.2 Å². The predicted molar refractivity (Wildman–Crippen MR) is 63.3 cm³/mol. The molecular formula is C12H14F3NO4. The lowest BCUT2D eigenvalue weighted by Crippen LogP contribution is -2.30. The van der Waals surface area contributed by atoms with E-state index >= 15 is 0 Å². The largest absolute Gasteiger partial charge is 0.478 e. The summed E-state index contributed by atoms with van der Waals surface area (Å²) in [5.74, 6) is -1.61. The van der Waals surface area contributed by atoms with Gasteiger partial charge in [-0.1, -0.05) is 6.07 Å². The molecule has 112 valence electrons. The molecule has 0 aliphatic rings. The molecule has 0 heterocycles. The lowest BCUT2D eigenvalue weighted by Gasteiger charge is -2.20. The van der Waals surface area contributed by atoms with Crippen LogP contribution in [0.1, 0.15) is 27.6 Å². The number of benzene rings is 1. The van der Waals surface area contributed by atoms with Crippen LogP contribution in [0.4, 0.5) is 13.2 Å². The zero-order valence-electron chi connectivity index (χ0n) is 10.5. The Bertz CT molecular complexity index is 490. The van der Waals surface area contributed by atoms with Gasteiger partial charge in [-0.05, 0) is 24.7 Å². The third kappa shape index (κ3) is 3.69. The van der Waals surface area contributed by atoms with Crippen molar-refractivity contribution in [2.45, 2.75) is 18.4 Å². The summed E-state index contributed by atoms with van der Waals surface area (Å²) in [5.41, 5.74) is -2.09. The van der Waals surface area contributed by atoms with Gasteiger partial charge in [0.05, 0.1) is 17.2 Å². The van der Waals surface area contributed by atoms with E-state index in [9.17, 15) is 28.2 Å². The number of hydrogen-bond donors (Lipinski definition) is 4. The summed E-state index contributed by atoms with van der Waals surface area (Å²) in [4.78, 5) is 11.0. The zero-order chi connectivity index (χ0) is 15.5. The summed E-state index contributed by atoms with van der Waals surface area (Å²) in [5, 5.41) is 30.9. The molecule has 0 amide bonds. The quantitative estimate of drug-likeness (QED) is 0.651. The third-order valence-corrected chi connectivity index (χ3v) is 2.71. The Hall–Kier alpha value is -1.64. The number of carbonyl (C=O) groups is 1.